The Balaban J connectivity index is 1.55. The topological polar surface area (TPSA) is 116 Å². The van der Waals surface area contributed by atoms with Crippen LogP contribution in [0.15, 0.2) is 51.7 Å². The van der Waals surface area contributed by atoms with Gasteiger partial charge < -0.3 is 20.0 Å². The van der Waals surface area contributed by atoms with Gasteiger partial charge in [0.15, 0.2) is 0 Å². The summed E-state index contributed by atoms with van der Waals surface area (Å²) in [5, 5.41) is 14.1. The molecule has 0 unspecified atom stereocenters. The lowest BCUT2D eigenvalue weighted by molar-refractivity contribution is -0.145. The highest BCUT2D eigenvalue weighted by molar-refractivity contribution is 5.87. The number of rotatable bonds is 12. The van der Waals surface area contributed by atoms with Crippen molar-refractivity contribution < 1.29 is 14.0 Å². The number of hydrazine groups is 1. The number of aromatic nitrogens is 2. The molecule has 2 amide bonds. The van der Waals surface area contributed by atoms with Crippen LogP contribution in [-0.2, 0) is 29.2 Å². The fraction of sp³-hybridized carbons (Fsp3) is 0.448. The predicted octanol–water partition coefficient (Wildman–Crippen LogP) is 2.14. The van der Waals surface area contributed by atoms with Crippen LogP contribution in [0.4, 0.5) is 5.69 Å². The van der Waals surface area contributed by atoms with Crippen molar-refractivity contribution in [1.29, 1.82) is 0 Å². The van der Waals surface area contributed by atoms with E-state index in [0.29, 0.717) is 50.0 Å². The second-order valence-corrected chi connectivity index (χ2v) is 10.3. The van der Waals surface area contributed by atoms with E-state index in [1.54, 1.807) is 17.0 Å². The third kappa shape index (κ3) is 6.97. The third-order valence-corrected chi connectivity index (χ3v) is 6.97. The average Bonchev–Trinajstić information content (AvgIpc) is 3.53. The second-order valence-electron chi connectivity index (χ2n) is 10.3. The van der Waals surface area contributed by atoms with Gasteiger partial charge in [-0.25, -0.2) is 9.80 Å². The summed E-state index contributed by atoms with van der Waals surface area (Å²) >= 11 is 0. The molecule has 0 radical (unpaired) electrons. The van der Waals surface area contributed by atoms with Crippen LogP contribution in [0.5, 0.6) is 0 Å². The Kier molecular flexibility index (Phi) is 9.38. The lowest BCUT2D eigenvalue weighted by Gasteiger charge is -2.32. The number of amides is 2. The van der Waals surface area contributed by atoms with Gasteiger partial charge in [-0.05, 0) is 42.7 Å². The first-order chi connectivity index (χ1) is 19.2. The largest absolute Gasteiger partial charge is 0.437 e. The normalized spacial score (nSPS) is 12.9. The first-order valence-electron chi connectivity index (χ1n) is 13.7. The molecule has 11 nitrogen and oxygen atoms in total. The molecule has 1 aliphatic rings. The van der Waals surface area contributed by atoms with E-state index in [0.717, 1.165) is 5.56 Å². The smallest absolute Gasteiger partial charge is 0.388 e. The van der Waals surface area contributed by atoms with E-state index < -0.39 is 5.76 Å². The molecule has 0 fully saturated rings. The molecule has 1 aliphatic heterocycles. The zero-order valence-electron chi connectivity index (χ0n) is 23.9. The first-order valence-corrected chi connectivity index (χ1v) is 13.7. The number of fused-ring (bicyclic) bond motifs is 1. The maximum Gasteiger partial charge on any atom is 0.437 e. The van der Waals surface area contributed by atoms with Crippen molar-refractivity contribution in [2.45, 2.75) is 53.4 Å². The highest BCUT2D eigenvalue weighted by Crippen LogP contribution is 2.28. The summed E-state index contributed by atoms with van der Waals surface area (Å²) < 4.78 is 6.61. The van der Waals surface area contributed by atoms with Crippen molar-refractivity contribution in [3.05, 3.63) is 69.7 Å². The number of hydrogen-bond acceptors (Lipinski definition) is 8. The van der Waals surface area contributed by atoms with Gasteiger partial charge in [-0.15, -0.1) is 5.10 Å². The molecule has 2 N–H and O–H groups in total. The van der Waals surface area contributed by atoms with Crippen LogP contribution >= 0.6 is 0 Å². The molecule has 0 saturated heterocycles. The number of benzene rings is 2. The van der Waals surface area contributed by atoms with Crippen LogP contribution in [0.25, 0.3) is 11.5 Å². The molecule has 0 bridgehead atoms. The molecule has 0 atom stereocenters. The molecule has 4 rings (SSSR count). The molecule has 3 aromatic rings. The molecule has 2 aromatic carbocycles. The van der Waals surface area contributed by atoms with Gasteiger partial charge in [0.2, 0.25) is 11.8 Å². The Morgan fingerprint density at radius 3 is 2.40 bits per heavy atom. The number of likely N-dealkylation sites (N-methyl/N-ethyl adjacent to an activating group) is 1. The van der Waals surface area contributed by atoms with Gasteiger partial charge in [-0.2, -0.15) is 4.68 Å². The summed E-state index contributed by atoms with van der Waals surface area (Å²) in [5.74, 6) is -0.681. The maximum atomic E-state index is 13.6. The monoisotopic (exact) mass is 549 g/mol. The summed E-state index contributed by atoms with van der Waals surface area (Å²) in [6.45, 7) is 10.6. The van der Waals surface area contributed by atoms with E-state index in [2.05, 4.69) is 27.9 Å². The minimum atomic E-state index is -0.533. The molecule has 0 spiro atoms. The molecule has 40 heavy (non-hydrogen) atoms. The number of aryl methyl sites for hydroxylation is 2. The van der Waals surface area contributed by atoms with Gasteiger partial charge in [0.05, 0.1) is 13.1 Å². The lowest BCUT2D eigenvalue weighted by Crippen LogP contribution is -2.48. The number of nitrogens with one attached hydrogen (secondary N) is 2. The fourth-order valence-electron chi connectivity index (χ4n) is 4.67. The summed E-state index contributed by atoms with van der Waals surface area (Å²) in [7, 11) is 1.76. The third-order valence-electron chi connectivity index (χ3n) is 6.97. The van der Waals surface area contributed by atoms with Gasteiger partial charge in [-0.1, -0.05) is 44.2 Å². The molecule has 2 heterocycles. The molecule has 0 aliphatic carbocycles. The standard InChI is InChI=1S/C29H39N7O4/c1-6-36-29(39)40-28(32-36)22-12-11-21(4)25(15-22)34(18-26(37)31-14-13-30-20(2)3)19-27(38)33(5)35-16-23-9-7-8-10-24(23)17-35/h7-12,15,20,30H,6,13-14,16-19H2,1-5H3,(H,31,37). The van der Waals surface area contributed by atoms with Gasteiger partial charge in [-0.3, -0.25) is 14.6 Å². The summed E-state index contributed by atoms with van der Waals surface area (Å²) in [6.07, 6.45) is 0. The molecular weight excluding hydrogens is 510 g/mol. The lowest BCUT2D eigenvalue weighted by atomic mass is 10.1. The van der Waals surface area contributed by atoms with E-state index in [-0.39, 0.29) is 30.8 Å². The van der Waals surface area contributed by atoms with Gasteiger partial charge >= 0.3 is 5.76 Å². The van der Waals surface area contributed by atoms with Crippen molar-refractivity contribution in [3.63, 3.8) is 0 Å². The van der Waals surface area contributed by atoms with E-state index in [1.165, 1.54) is 15.8 Å². The van der Waals surface area contributed by atoms with Crippen molar-refractivity contribution in [2.24, 2.45) is 0 Å². The summed E-state index contributed by atoms with van der Waals surface area (Å²) in [4.78, 5) is 40.4. The van der Waals surface area contributed by atoms with Gasteiger partial charge in [0.1, 0.15) is 0 Å². The van der Waals surface area contributed by atoms with Crippen LogP contribution in [0.1, 0.15) is 37.5 Å². The Hall–Kier alpha value is -3.96. The van der Waals surface area contributed by atoms with Crippen molar-refractivity contribution in [1.82, 2.24) is 30.4 Å². The first kappa shape index (κ1) is 29.0. The van der Waals surface area contributed by atoms with Crippen LogP contribution in [0, 0.1) is 6.92 Å². The van der Waals surface area contributed by atoms with E-state index in [4.69, 9.17) is 4.42 Å². The van der Waals surface area contributed by atoms with E-state index >= 15 is 0 Å². The zero-order valence-corrected chi connectivity index (χ0v) is 23.9. The van der Waals surface area contributed by atoms with Crippen molar-refractivity contribution >= 4 is 17.5 Å². The molecule has 11 heteroatoms. The summed E-state index contributed by atoms with van der Waals surface area (Å²) in [5.41, 5.74) is 4.55. The Bertz CT molecular complexity index is 1370. The zero-order chi connectivity index (χ0) is 28.8. The van der Waals surface area contributed by atoms with Crippen LogP contribution in [-0.4, -0.2) is 70.9 Å². The van der Waals surface area contributed by atoms with Crippen molar-refractivity contribution in [3.8, 4) is 11.5 Å². The predicted molar refractivity (Wildman–Crippen MR) is 153 cm³/mol. The number of hydrogen-bond donors (Lipinski definition) is 2. The van der Waals surface area contributed by atoms with Crippen LogP contribution in [0.2, 0.25) is 0 Å². The Morgan fingerprint density at radius 2 is 1.77 bits per heavy atom. The molecular formula is C29H39N7O4. The van der Waals surface area contributed by atoms with Crippen LogP contribution < -0.4 is 21.3 Å². The van der Waals surface area contributed by atoms with Gasteiger partial charge in [0.25, 0.3) is 5.91 Å². The van der Waals surface area contributed by atoms with E-state index in [9.17, 15) is 14.4 Å². The second kappa shape index (κ2) is 12.9. The summed E-state index contributed by atoms with van der Waals surface area (Å²) in [6, 6.07) is 14.0. The number of anilines is 1. The highest BCUT2D eigenvalue weighted by Gasteiger charge is 2.27. The SMILES string of the molecule is CCn1nc(-c2ccc(C)c(N(CC(=O)NCCNC(C)C)CC(=O)N(C)N3Cc4ccccc4C3)c2)oc1=O. The Morgan fingerprint density at radius 1 is 1.07 bits per heavy atom. The molecule has 1 aromatic heterocycles. The highest BCUT2D eigenvalue weighted by atomic mass is 16.4. The number of carbonyl (C=O) groups is 2. The van der Waals surface area contributed by atoms with Gasteiger partial charge in [0, 0.05) is 57.1 Å². The number of nitrogens with zero attached hydrogens (tertiary/aromatic N) is 5. The quantitative estimate of drug-likeness (QED) is 0.330. The molecule has 214 valence electrons. The average molecular weight is 550 g/mol. The minimum absolute atomic E-state index is 0.0148. The number of carbonyl (C=O) groups excluding carboxylic acids is 2. The van der Waals surface area contributed by atoms with Crippen molar-refractivity contribution in [2.75, 3.05) is 38.1 Å². The van der Waals surface area contributed by atoms with E-state index in [1.807, 2.05) is 63.0 Å². The molecule has 0 saturated carbocycles. The minimum Gasteiger partial charge on any atom is -0.388 e. The Labute approximate surface area is 234 Å². The maximum absolute atomic E-state index is 13.6. The van der Waals surface area contributed by atoms with Crippen LogP contribution in [0.3, 0.4) is 0 Å². The fourth-order valence-corrected chi connectivity index (χ4v) is 4.67.